The second kappa shape index (κ2) is 5.69. The quantitative estimate of drug-likeness (QED) is 0.915. The summed E-state index contributed by atoms with van der Waals surface area (Å²) in [7, 11) is 0. The molecule has 3 nitrogen and oxygen atoms in total. The molecule has 1 saturated heterocycles. The zero-order chi connectivity index (χ0) is 13.9. The van der Waals surface area contributed by atoms with Crippen LogP contribution in [0.2, 0.25) is 0 Å². The first-order chi connectivity index (χ1) is 8.96. The number of ether oxygens (including phenoxy) is 1. The predicted molar refractivity (Wildman–Crippen MR) is 67.8 cm³/mol. The summed E-state index contributed by atoms with van der Waals surface area (Å²) in [6, 6.07) is 5.29. The number of hydrogen-bond donors (Lipinski definition) is 1. The highest BCUT2D eigenvalue weighted by Crippen LogP contribution is 2.26. The number of nitrogens with one attached hydrogen (secondary N) is 1. The number of piperazine rings is 1. The molecule has 0 amide bonds. The molecule has 1 heterocycles. The van der Waals surface area contributed by atoms with Crippen LogP contribution in [0.4, 0.5) is 18.9 Å². The average molecular weight is 274 g/mol. The van der Waals surface area contributed by atoms with Crippen molar-refractivity contribution in [2.24, 2.45) is 0 Å². The summed E-state index contributed by atoms with van der Waals surface area (Å²) < 4.78 is 41.1. The van der Waals surface area contributed by atoms with E-state index in [0.717, 1.165) is 37.4 Å². The standard InChI is InChI=1S/C13H17F3N2O/c1-10-8-11(18-6-4-17-5-7-18)2-3-12(10)19-9-13(14,15)16/h2-3,8,17H,4-7,9H2,1H3. The van der Waals surface area contributed by atoms with E-state index in [4.69, 9.17) is 4.74 Å². The normalized spacial score (nSPS) is 16.5. The van der Waals surface area contributed by atoms with Crippen LogP contribution < -0.4 is 15.0 Å². The van der Waals surface area contributed by atoms with Gasteiger partial charge < -0.3 is 15.0 Å². The summed E-state index contributed by atoms with van der Waals surface area (Å²) in [5.41, 5.74) is 1.75. The lowest BCUT2D eigenvalue weighted by molar-refractivity contribution is -0.153. The van der Waals surface area contributed by atoms with Crippen LogP contribution >= 0.6 is 0 Å². The maximum absolute atomic E-state index is 12.1. The highest BCUT2D eigenvalue weighted by molar-refractivity contribution is 5.53. The summed E-state index contributed by atoms with van der Waals surface area (Å²) in [6.45, 7) is 4.17. The number of hydrogen-bond acceptors (Lipinski definition) is 3. The highest BCUT2D eigenvalue weighted by Gasteiger charge is 2.28. The van der Waals surface area contributed by atoms with Crippen LogP contribution in [0.25, 0.3) is 0 Å². The second-order valence-electron chi connectivity index (χ2n) is 4.59. The molecule has 0 spiro atoms. The van der Waals surface area contributed by atoms with Gasteiger partial charge in [-0.15, -0.1) is 0 Å². The number of alkyl halides is 3. The van der Waals surface area contributed by atoms with E-state index in [9.17, 15) is 13.2 Å². The third kappa shape index (κ3) is 4.02. The molecule has 0 radical (unpaired) electrons. The number of nitrogens with zero attached hydrogens (tertiary/aromatic N) is 1. The van der Waals surface area contributed by atoms with Gasteiger partial charge in [-0.05, 0) is 30.7 Å². The van der Waals surface area contributed by atoms with Crippen molar-refractivity contribution in [1.82, 2.24) is 5.32 Å². The molecule has 2 rings (SSSR count). The van der Waals surface area contributed by atoms with Gasteiger partial charge in [0.05, 0.1) is 0 Å². The van der Waals surface area contributed by atoms with E-state index in [1.54, 1.807) is 13.0 Å². The molecule has 106 valence electrons. The first-order valence-corrected chi connectivity index (χ1v) is 6.21. The van der Waals surface area contributed by atoms with Gasteiger partial charge >= 0.3 is 6.18 Å². The van der Waals surface area contributed by atoms with Gasteiger partial charge in [0.2, 0.25) is 0 Å². The van der Waals surface area contributed by atoms with Crippen LogP contribution in [-0.4, -0.2) is 39.0 Å². The number of anilines is 1. The monoisotopic (exact) mass is 274 g/mol. The lowest BCUT2D eigenvalue weighted by Gasteiger charge is -2.30. The summed E-state index contributed by atoms with van der Waals surface area (Å²) >= 11 is 0. The highest BCUT2D eigenvalue weighted by atomic mass is 19.4. The van der Waals surface area contributed by atoms with Crippen molar-refractivity contribution in [2.45, 2.75) is 13.1 Å². The average Bonchev–Trinajstić information content (AvgIpc) is 2.37. The fourth-order valence-corrected chi connectivity index (χ4v) is 2.07. The molecule has 6 heteroatoms. The lowest BCUT2D eigenvalue weighted by atomic mass is 10.1. The fourth-order valence-electron chi connectivity index (χ4n) is 2.07. The topological polar surface area (TPSA) is 24.5 Å². The van der Waals surface area contributed by atoms with Crippen molar-refractivity contribution in [1.29, 1.82) is 0 Å². The molecule has 1 fully saturated rings. The third-order valence-electron chi connectivity index (χ3n) is 3.03. The molecule has 0 aromatic heterocycles. The molecule has 1 aromatic rings. The van der Waals surface area contributed by atoms with Gasteiger partial charge in [-0.1, -0.05) is 0 Å². The Balaban J connectivity index is 2.04. The van der Waals surface area contributed by atoms with Gasteiger partial charge in [-0.25, -0.2) is 0 Å². The van der Waals surface area contributed by atoms with E-state index in [0.29, 0.717) is 0 Å². The summed E-state index contributed by atoms with van der Waals surface area (Å²) in [5.74, 6) is 0.288. The summed E-state index contributed by atoms with van der Waals surface area (Å²) in [4.78, 5) is 2.21. The molecule has 1 aliphatic rings. The Morgan fingerprint density at radius 2 is 1.95 bits per heavy atom. The van der Waals surface area contributed by atoms with Crippen molar-refractivity contribution in [2.75, 3.05) is 37.7 Å². The van der Waals surface area contributed by atoms with Crippen LogP contribution in [0.1, 0.15) is 5.56 Å². The molecule has 1 aromatic carbocycles. The number of aryl methyl sites for hydroxylation is 1. The maximum Gasteiger partial charge on any atom is 0.422 e. The Bertz CT molecular complexity index is 428. The van der Waals surface area contributed by atoms with Crippen molar-refractivity contribution >= 4 is 5.69 Å². The zero-order valence-corrected chi connectivity index (χ0v) is 10.8. The van der Waals surface area contributed by atoms with E-state index >= 15 is 0 Å². The van der Waals surface area contributed by atoms with Gasteiger partial charge in [0.1, 0.15) is 5.75 Å². The molecular formula is C13H17F3N2O. The van der Waals surface area contributed by atoms with Crippen LogP contribution in [0.3, 0.4) is 0 Å². The van der Waals surface area contributed by atoms with Crippen LogP contribution in [0.15, 0.2) is 18.2 Å². The fraction of sp³-hybridized carbons (Fsp3) is 0.538. The molecule has 19 heavy (non-hydrogen) atoms. The van der Waals surface area contributed by atoms with E-state index in [1.165, 1.54) is 0 Å². The molecule has 0 atom stereocenters. The largest absolute Gasteiger partial charge is 0.484 e. The minimum absolute atomic E-state index is 0.288. The molecule has 0 aliphatic carbocycles. The Morgan fingerprint density at radius 1 is 1.26 bits per heavy atom. The van der Waals surface area contributed by atoms with E-state index in [-0.39, 0.29) is 5.75 Å². The lowest BCUT2D eigenvalue weighted by Crippen LogP contribution is -2.43. The van der Waals surface area contributed by atoms with Crippen molar-refractivity contribution < 1.29 is 17.9 Å². The molecule has 0 bridgehead atoms. The van der Waals surface area contributed by atoms with Gasteiger partial charge in [0.15, 0.2) is 6.61 Å². The Hall–Kier alpha value is -1.43. The van der Waals surface area contributed by atoms with Crippen molar-refractivity contribution in [3.8, 4) is 5.75 Å². The SMILES string of the molecule is Cc1cc(N2CCNCC2)ccc1OCC(F)(F)F. The minimum atomic E-state index is -4.30. The van der Waals surface area contributed by atoms with Gasteiger partial charge in [0, 0.05) is 31.9 Å². The smallest absolute Gasteiger partial charge is 0.422 e. The first-order valence-electron chi connectivity index (χ1n) is 6.21. The van der Waals surface area contributed by atoms with E-state index in [2.05, 4.69) is 10.2 Å². The number of halogens is 3. The molecule has 1 N–H and O–H groups in total. The first kappa shape index (κ1) is 14.0. The predicted octanol–water partition coefficient (Wildman–Crippen LogP) is 2.35. The molecule has 0 unspecified atom stereocenters. The maximum atomic E-state index is 12.1. The Morgan fingerprint density at radius 3 is 2.53 bits per heavy atom. The molecule has 0 saturated carbocycles. The summed E-state index contributed by atoms with van der Waals surface area (Å²) in [6.07, 6.45) is -4.30. The minimum Gasteiger partial charge on any atom is -0.484 e. The van der Waals surface area contributed by atoms with Gasteiger partial charge in [0.25, 0.3) is 0 Å². The van der Waals surface area contributed by atoms with Crippen molar-refractivity contribution in [3.63, 3.8) is 0 Å². The second-order valence-corrected chi connectivity index (χ2v) is 4.59. The van der Waals surface area contributed by atoms with Crippen LogP contribution in [0.5, 0.6) is 5.75 Å². The van der Waals surface area contributed by atoms with E-state index < -0.39 is 12.8 Å². The van der Waals surface area contributed by atoms with Crippen LogP contribution in [0, 0.1) is 6.92 Å². The third-order valence-corrected chi connectivity index (χ3v) is 3.03. The molecule has 1 aliphatic heterocycles. The van der Waals surface area contributed by atoms with Gasteiger partial charge in [-0.2, -0.15) is 13.2 Å². The zero-order valence-electron chi connectivity index (χ0n) is 10.8. The van der Waals surface area contributed by atoms with Gasteiger partial charge in [-0.3, -0.25) is 0 Å². The van der Waals surface area contributed by atoms with Crippen molar-refractivity contribution in [3.05, 3.63) is 23.8 Å². The number of rotatable bonds is 3. The molecular weight excluding hydrogens is 257 g/mol. The van der Waals surface area contributed by atoms with E-state index in [1.807, 2.05) is 12.1 Å². The number of benzene rings is 1. The Labute approximate surface area is 110 Å². The summed E-state index contributed by atoms with van der Waals surface area (Å²) in [5, 5.41) is 3.26. The Kier molecular flexibility index (Phi) is 4.19. The van der Waals surface area contributed by atoms with Crippen LogP contribution in [-0.2, 0) is 0 Å².